The number of fused-ring (bicyclic) bond motifs is 1. The molecular formula is C19H24N4OS2. The van der Waals surface area contributed by atoms with Crippen LogP contribution in [0.3, 0.4) is 0 Å². The number of anilines is 1. The summed E-state index contributed by atoms with van der Waals surface area (Å²) >= 11 is 3.11. The molecule has 1 fully saturated rings. The van der Waals surface area contributed by atoms with Crippen molar-refractivity contribution in [3.05, 3.63) is 39.2 Å². The molecule has 2 N–H and O–H groups in total. The summed E-state index contributed by atoms with van der Waals surface area (Å²) in [6.45, 7) is 1.97. The molecular weight excluding hydrogens is 364 g/mol. The summed E-state index contributed by atoms with van der Waals surface area (Å²) in [5, 5.41) is 15.5. The van der Waals surface area contributed by atoms with Crippen molar-refractivity contribution >= 4 is 44.9 Å². The number of thiophene rings is 2. The van der Waals surface area contributed by atoms with Gasteiger partial charge in [-0.05, 0) is 23.9 Å². The molecule has 0 radical (unpaired) electrons. The number of aromatic nitrogens is 2. The number of hydrogen-bond donors (Lipinski definition) is 2. The second-order valence-corrected chi connectivity index (χ2v) is 8.30. The lowest BCUT2D eigenvalue weighted by Crippen LogP contribution is -1.94. The molecule has 5 nitrogen and oxygen atoms in total. The third-order valence-electron chi connectivity index (χ3n) is 4.35. The first kappa shape index (κ1) is 18.9. The predicted octanol–water partition coefficient (Wildman–Crippen LogP) is 5.34. The lowest BCUT2D eigenvalue weighted by atomic mass is 10.0. The molecule has 3 aromatic rings. The van der Waals surface area contributed by atoms with Crippen molar-refractivity contribution < 1.29 is 5.11 Å². The summed E-state index contributed by atoms with van der Waals surface area (Å²) in [6, 6.07) is 3.97. The van der Waals surface area contributed by atoms with E-state index in [0.717, 1.165) is 25.5 Å². The van der Waals surface area contributed by atoms with Crippen LogP contribution in [0, 0.1) is 6.92 Å². The SMILES string of the molecule is C1CCCCC1.Cc1c(CO)sc2c(NN=Cc3cccs3)ncnc12. The summed E-state index contributed by atoms with van der Waals surface area (Å²) in [6.07, 6.45) is 12.3. The van der Waals surface area contributed by atoms with Gasteiger partial charge in [-0.3, -0.25) is 5.43 Å². The Hall–Kier alpha value is -1.83. The van der Waals surface area contributed by atoms with Crippen molar-refractivity contribution in [1.29, 1.82) is 0 Å². The molecule has 7 heteroatoms. The van der Waals surface area contributed by atoms with E-state index in [0.29, 0.717) is 5.82 Å². The van der Waals surface area contributed by atoms with E-state index < -0.39 is 0 Å². The first-order valence-corrected chi connectivity index (χ1v) is 10.7. The topological polar surface area (TPSA) is 70.4 Å². The molecule has 26 heavy (non-hydrogen) atoms. The Morgan fingerprint density at radius 2 is 1.92 bits per heavy atom. The lowest BCUT2D eigenvalue weighted by molar-refractivity contribution is 0.285. The van der Waals surface area contributed by atoms with Crippen molar-refractivity contribution in [2.75, 3.05) is 5.43 Å². The first-order chi connectivity index (χ1) is 12.8. The van der Waals surface area contributed by atoms with E-state index in [1.807, 2.05) is 24.4 Å². The van der Waals surface area contributed by atoms with E-state index in [-0.39, 0.29) is 6.61 Å². The Labute approximate surface area is 161 Å². The zero-order chi connectivity index (χ0) is 18.2. The van der Waals surface area contributed by atoms with Crippen molar-refractivity contribution in [3.63, 3.8) is 0 Å². The Morgan fingerprint density at radius 1 is 1.19 bits per heavy atom. The molecule has 0 atom stereocenters. The Bertz CT molecular complexity index is 827. The van der Waals surface area contributed by atoms with Crippen LogP contribution in [0.1, 0.15) is 53.8 Å². The van der Waals surface area contributed by atoms with Gasteiger partial charge in [-0.2, -0.15) is 5.10 Å². The van der Waals surface area contributed by atoms with Gasteiger partial charge < -0.3 is 5.11 Å². The average molecular weight is 389 g/mol. The van der Waals surface area contributed by atoms with Crippen LogP contribution in [-0.4, -0.2) is 21.3 Å². The number of aliphatic hydroxyl groups excluding tert-OH is 1. The van der Waals surface area contributed by atoms with Crippen LogP contribution in [-0.2, 0) is 6.61 Å². The maximum atomic E-state index is 9.33. The normalized spacial score (nSPS) is 14.4. The monoisotopic (exact) mass is 388 g/mol. The fraction of sp³-hybridized carbons (Fsp3) is 0.421. The van der Waals surface area contributed by atoms with Crippen molar-refractivity contribution in [2.24, 2.45) is 5.10 Å². The van der Waals surface area contributed by atoms with E-state index in [2.05, 4.69) is 20.5 Å². The zero-order valence-electron chi connectivity index (χ0n) is 14.9. The highest BCUT2D eigenvalue weighted by atomic mass is 32.1. The molecule has 0 aliphatic heterocycles. The molecule has 0 bridgehead atoms. The summed E-state index contributed by atoms with van der Waals surface area (Å²) < 4.78 is 0.914. The van der Waals surface area contributed by atoms with Gasteiger partial charge in [0.2, 0.25) is 0 Å². The van der Waals surface area contributed by atoms with Crippen LogP contribution < -0.4 is 5.43 Å². The largest absolute Gasteiger partial charge is 0.391 e. The minimum absolute atomic E-state index is 0.0186. The van der Waals surface area contributed by atoms with Gasteiger partial charge in [0.15, 0.2) is 5.82 Å². The minimum atomic E-state index is 0.0186. The summed E-state index contributed by atoms with van der Waals surface area (Å²) in [7, 11) is 0. The van der Waals surface area contributed by atoms with Crippen molar-refractivity contribution in [1.82, 2.24) is 9.97 Å². The maximum Gasteiger partial charge on any atom is 0.167 e. The number of hydrazone groups is 1. The number of rotatable bonds is 4. The molecule has 1 aliphatic carbocycles. The Morgan fingerprint density at radius 3 is 2.54 bits per heavy atom. The molecule has 0 spiro atoms. The van der Waals surface area contributed by atoms with Gasteiger partial charge in [0.1, 0.15) is 6.33 Å². The molecule has 1 aliphatic rings. The predicted molar refractivity (Wildman–Crippen MR) is 111 cm³/mol. The second-order valence-electron chi connectivity index (χ2n) is 6.22. The molecule has 0 unspecified atom stereocenters. The third kappa shape index (κ3) is 4.87. The van der Waals surface area contributed by atoms with Gasteiger partial charge in [0.25, 0.3) is 0 Å². The van der Waals surface area contributed by atoms with Crippen LogP contribution >= 0.6 is 22.7 Å². The van der Waals surface area contributed by atoms with E-state index >= 15 is 0 Å². The van der Waals surface area contributed by atoms with Crippen molar-refractivity contribution in [3.8, 4) is 0 Å². The summed E-state index contributed by atoms with van der Waals surface area (Å²) in [4.78, 5) is 10.5. The highest BCUT2D eigenvalue weighted by Crippen LogP contribution is 2.33. The molecule has 1 saturated carbocycles. The van der Waals surface area contributed by atoms with Gasteiger partial charge in [0, 0.05) is 9.75 Å². The fourth-order valence-electron chi connectivity index (χ4n) is 2.88. The van der Waals surface area contributed by atoms with Crippen LogP contribution in [0.25, 0.3) is 10.2 Å². The summed E-state index contributed by atoms with van der Waals surface area (Å²) in [5.41, 5.74) is 4.81. The number of hydrogen-bond acceptors (Lipinski definition) is 7. The van der Waals surface area contributed by atoms with Gasteiger partial charge in [-0.15, -0.1) is 22.7 Å². The number of aliphatic hydroxyl groups is 1. The lowest BCUT2D eigenvalue weighted by Gasteiger charge is -2.05. The quantitative estimate of drug-likeness (QED) is 0.467. The summed E-state index contributed by atoms with van der Waals surface area (Å²) in [5.74, 6) is 0.663. The van der Waals surface area contributed by atoms with Crippen LogP contribution in [0.5, 0.6) is 0 Å². The maximum absolute atomic E-state index is 9.33. The number of aryl methyl sites for hydroxylation is 1. The van der Waals surface area contributed by atoms with E-state index in [4.69, 9.17) is 0 Å². The smallest absolute Gasteiger partial charge is 0.167 e. The van der Waals surface area contributed by atoms with Gasteiger partial charge in [-0.25, -0.2) is 9.97 Å². The molecule has 0 saturated heterocycles. The van der Waals surface area contributed by atoms with Crippen LogP contribution in [0.4, 0.5) is 5.82 Å². The molecule has 4 rings (SSSR count). The first-order valence-electron chi connectivity index (χ1n) is 8.96. The molecule has 0 amide bonds. The third-order valence-corrected chi connectivity index (χ3v) is 6.43. The standard InChI is InChI=1S/C13H12N4OS2.C6H12/c1-8-10(6-18)20-12-11(8)14-7-15-13(12)17-16-5-9-3-2-4-19-9;1-2-4-6-5-3-1/h2-5,7,18H,6H2,1H3,(H,14,15,17);1-6H2. The van der Waals surface area contributed by atoms with E-state index in [1.54, 1.807) is 17.6 Å². The molecule has 138 valence electrons. The highest BCUT2D eigenvalue weighted by molar-refractivity contribution is 7.19. The van der Waals surface area contributed by atoms with E-state index in [1.165, 1.54) is 56.2 Å². The number of nitrogens with zero attached hydrogens (tertiary/aromatic N) is 3. The fourth-order valence-corrected chi connectivity index (χ4v) is 4.53. The average Bonchev–Trinajstić information content (AvgIpc) is 3.32. The van der Waals surface area contributed by atoms with E-state index in [9.17, 15) is 5.11 Å². The van der Waals surface area contributed by atoms with Gasteiger partial charge in [0.05, 0.1) is 23.0 Å². The second kappa shape index (κ2) is 9.75. The van der Waals surface area contributed by atoms with Crippen molar-refractivity contribution in [2.45, 2.75) is 52.1 Å². The Kier molecular flexibility index (Phi) is 7.11. The van der Waals surface area contributed by atoms with Crippen LogP contribution in [0.15, 0.2) is 28.9 Å². The van der Waals surface area contributed by atoms with Gasteiger partial charge in [-0.1, -0.05) is 44.6 Å². The van der Waals surface area contributed by atoms with Crippen LogP contribution in [0.2, 0.25) is 0 Å². The Balaban J connectivity index is 0.000000278. The molecule has 0 aromatic carbocycles. The minimum Gasteiger partial charge on any atom is -0.391 e. The molecule has 3 aromatic heterocycles. The zero-order valence-corrected chi connectivity index (χ0v) is 16.6. The van der Waals surface area contributed by atoms with Gasteiger partial charge >= 0.3 is 0 Å². The molecule has 3 heterocycles. The highest BCUT2D eigenvalue weighted by Gasteiger charge is 2.12. The number of nitrogens with one attached hydrogen (secondary N) is 1.